The lowest BCUT2D eigenvalue weighted by Crippen LogP contribution is -2.04. The number of nitrogens with zero attached hydrogens (tertiary/aromatic N) is 1. The lowest BCUT2D eigenvalue weighted by atomic mass is 10.0. The van der Waals surface area contributed by atoms with Gasteiger partial charge in [0.15, 0.2) is 18.9 Å². The van der Waals surface area contributed by atoms with Crippen LogP contribution < -0.4 is 0 Å². The maximum atomic E-state index is 10.4. The molecule has 7 nitrogen and oxygen atoms in total. The van der Waals surface area contributed by atoms with Gasteiger partial charge in [0.05, 0.1) is 38.1 Å². The monoisotopic (exact) mass is 425 g/mol. The molecule has 0 amide bonds. The third-order valence-electron chi connectivity index (χ3n) is 4.46. The van der Waals surface area contributed by atoms with Gasteiger partial charge >= 0.3 is 1.43 Å². The lowest BCUT2D eigenvalue weighted by Gasteiger charge is -2.14. The minimum absolute atomic E-state index is 0. The molecule has 0 radical (unpaired) electrons. The summed E-state index contributed by atoms with van der Waals surface area (Å²) in [6, 6.07) is 12.3. The minimum Gasteiger partial charge on any atom is -0.346 e. The highest BCUT2D eigenvalue weighted by molar-refractivity contribution is 5.83. The van der Waals surface area contributed by atoms with Gasteiger partial charge in [-0.2, -0.15) is 5.26 Å². The third kappa shape index (κ3) is 5.85. The topological polar surface area (TPSA) is 94.9 Å². The molecule has 31 heavy (non-hydrogen) atoms. The molecule has 0 unspecified atom stereocenters. The summed E-state index contributed by atoms with van der Waals surface area (Å²) in [7, 11) is 0. The number of hydrogen-bond acceptors (Lipinski definition) is 7. The summed E-state index contributed by atoms with van der Waals surface area (Å²) in [5.41, 5.74) is 3.52. The van der Waals surface area contributed by atoms with Crippen molar-refractivity contribution in [2.75, 3.05) is 26.4 Å². The maximum absolute atomic E-state index is 10.4. The predicted octanol–water partition coefficient (Wildman–Crippen LogP) is 3.94. The first-order valence-electron chi connectivity index (χ1n) is 9.21. The van der Waals surface area contributed by atoms with Gasteiger partial charge in [-0.3, -0.25) is 9.59 Å². The van der Waals surface area contributed by atoms with Crippen molar-refractivity contribution in [2.24, 2.45) is 0 Å². The van der Waals surface area contributed by atoms with Crippen molar-refractivity contribution in [1.82, 2.24) is 0 Å². The van der Waals surface area contributed by atoms with E-state index < -0.39 is 6.29 Å². The Bertz CT molecular complexity index is 1000. The average Bonchev–Trinajstić information content (AvgIpc) is 3.53. The fourth-order valence-corrected chi connectivity index (χ4v) is 2.99. The number of benzene rings is 2. The maximum Gasteiger partial charge on any atom is 1.00 e. The molecular formula is C24H26NO6+. The number of hydrogen-bond donors (Lipinski definition) is 0. The fraction of sp³-hybridized carbons (Fsp3) is 0.292. The molecule has 2 aromatic rings. The molecule has 0 aliphatic carbocycles. The Morgan fingerprint density at radius 2 is 1.58 bits per heavy atom. The van der Waals surface area contributed by atoms with E-state index >= 15 is 0 Å². The van der Waals surface area contributed by atoms with Crippen molar-refractivity contribution in [2.45, 2.75) is 20.0 Å². The number of aldehydes is 2. The number of carbonyl (C=O) groups is 2. The highest BCUT2D eigenvalue weighted by Gasteiger charge is 2.24. The Kier molecular flexibility index (Phi) is 9.08. The van der Waals surface area contributed by atoms with Gasteiger partial charge in [0.1, 0.15) is 6.29 Å². The van der Waals surface area contributed by atoms with E-state index in [1.165, 1.54) is 12.1 Å². The SMILES string of the molecule is C.C#Cc1cc(C=O)ccc1C=O.N#Cc1cc(C2OCCO2)ccc1C1OCCO1.[2HH].[H+]. The van der Waals surface area contributed by atoms with Crippen LogP contribution in [0.15, 0.2) is 36.4 Å². The first-order valence-corrected chi connectivity index (χ1v) is 9.21. The van der Waals surface area contributed by atoms with Crippen LogP contribution in [0.3, 0.4) is 0 Å². The molecule has 162 valence electrons. The van der Waals surface area contributed by atoms with E-state index in [1.54, 1.807) is 12.1 Å². The minimum atomic E-state index is -0.431. The van der Waals surface area contributed by atoms with Gasteiger partial charge in [0.25, 0.3) is 0 Å². The van der Waals surface area contributed by atoms with Crippen molar-refractivity contribution in [1.29, 1.82) is 5.26 Å². The number of rotatable bonds is 4. The van der Waals surface area contributed by atoms with Crippen molar-refractivity contribution < 1.29 is 31.4 Å². The summed E-state index contributed by atoms with van der Waals surface area (Å²) in [4.78, 5) is 20.7. The van der Waals surface area contributed by atoms with E-state index in [9.17, 15) is 14.9 Å². The number of carbonyl (C=O) groups excluding carboxylic acids is 2. The zero-order valence-corrected chi connectivity index (χ0v) is 16.1. The second-order valence-corrected chi connectivity index (χ2v) is 6.33. The second kappa shape index (κ2) is 11.8. The highest BCUT2D eigenvalue weighted by atomic mass is 16.7. The molecule has 2 heterocycles. The Balaban J connectivity index is 0.000000610. The van der Waals surface area contributed by atoms with E-state index in [0.29, 0.717) is 61.3 Å². The molecule has 2 aromatic carbocycles. The Morgan fingerprint density at radius 3 is 2.13 bits per heavy atom. The van der Waals surface area contributed by atoms with Crippen molar-refractivity contribution in [3.63, 3.8) is 0 Å². The van der Waals surface area contributed by atoms with Crippen LogP contribution >= 0.6 is 0 Å². The van der Waals surface area contributed by atoms with E-state index in [-0.39, 0.29) is 16.6 Å². The molecule has 4 rings (SSSR count). The molecule has 2 aliphatic rings. The molecule has 2 fully saturated rings. The van der Waals surface area contributed by atoms with Crippen molar-refractivity contribution in [3.05, 3.63) is 69.8 Å². The third-order valence-corrected chi connectivity index (χ3v) is 4.46. The summed E-state index contributed by atoms with van der Waals surface area (Å²) in [6.07, 6.45) is 5.69. The average molecular weight is 425 g/mol. The van der Waals surface area contributed by atoms with E-state index in [1.807, 2.05) is 12.1 Å². The molecule has 0 bridgehead atoms. The summed E-state index contributed by atoms with van der Waals surface area (Å²) in [6.45, 7) is 2.30. The molecule has 0 aromatic heterocycles. The molecule has 2 aliphatic heterocycles. The van der Waals surface area contributed by atoms with Crippen LogP contribution in [-0.2, 0) is 18.9 Å². The quantitative estimate of drug-likeness (QED) is 0.541. The van der Waals surface area contributed by atoms with Crippen LogP contribution in [0.4, 0.5) is 0 Å². The molecule has 2 saturated heterocycles. The highest BCUT2D eigenvalue weighted by Crippen LogP contribution is 2.30. The Hall–Kier alpha value is -3.33. The standard InChI is InChI=1S/C13H13NO4.C10H6O2.CH4.H2/c14-8-10-7-9(12-15-3-4-16-12)1-2-11(10)13-17-5-6-18-13;1-2-9-5-8(6-11)3-4-10(9)7-12;;/h1-2,7,12-13H,3-6H2;1,3-7H;1H4;1H/p+1/i;;;1+1. The smallest absolute Gasteiger partial charge is 0.346 e. The van der Waals surface area contributed by atoms with Crippen LogP contribution in [0, 0.1) is 23.7 Å². The normalized spacial score (nSPS) is 15.7. The predicted molar refractivity (Wildman–Crippen MR) is 116 cm³/mol. The second-order valence-electron chi connectivity index (χ2n) is 6.33. The first-order chi connectivity index (χ1) is 14.7. The van der Waals surface area contributed by atoms with Crippen LogP contribution in [0.5, 0.6) is 0 Å². The zero-order chi connectivity index (χ0) is 21.3. The largest absolute Gasteiger partial charge is 1.00 e. The van der Waals surface area contributed by atoms with Gasteiger partial charge in [-0.05, 0) is 18.2 Å². The molecule has 0 N–H and O–H groups in total. The molecular weight excluding hydrogens is 398 g/mol. The van der Waals surface area contributed by atoms with E-state index in [2.05, 4.69) is 12.0 Å². The summed E-state index contributed by atoms with van der Waals surface area (Å²) in [5, 5.41) is 9.20. The van der Waals surface area contributed by atoms with Crippen LogP contribution in [-0.4, -0.2) is 39.0 Å². The summed E-state index contributed by atoms with van der Waals surface area (Å²) in [5.74, 6) is 2.33. The fourth-order valence-electron chi connectivity index (χ4n) is 2.99. The van der Waals surface area contributed by atoms with Gasteiger partial charge < -0.3 is 18.9 Å². The Labute approximate surface area is 184 Å². The van der Waals surface area contributed by atoms with E-state index in [4.69, 9.17) is 25.4 Å². The van der Waals surface area contributed by atoms with Gasteiger partial charge in [-0.1, -0.05) is 31.5 Å². The zero-order valence-electron chi connectivity index (χ0n) is 17.1. The summed E-state index contributed by atoms with van der Waals surface area (Å²) >= 11 is 0. The number of nitriles is 1. The van der Waals surface area contributed by atoms with Crippen LogP contribution in [0.1, 0.15) is 65.8 Å². The van der Waals surface area contributed by atoms with Crippen LogP contribution in [0.2, 0.25) is 0 Å². The van der Waals surface area contributed by atoms with Gasteiger partial charge in [-0.15, -0.1) is 6.42 Å². The van der Waals surface area contributed by atoms with E-state index in [0.717, 1.165) is 11.1 Å². The molecule has 0 atom stereocenters. The number of terminal acetylenes is 1. The van der Waals surface area contributed by atoms with Gasteiger partial charge in [0.2, 0.25) is 0 Å². The van der Waals surface area contributed by atoms with Gasteiger partial charge in [0, 0.05) is 29.2 Å². The number of ether oxygens (including phenoxy) is 4. The van der Waals surface area contributed by atoms with Crippen molar-refractivity contribution in [3.8, 4) is 18.4 Å². The van der Waals surface area contributed by atoms with Gasteiger partial charge in [-0.25, -0.2) is 0 Å². The Morgan fingerprint density at radius 1 is 0.935 bits per heavy atom. The first kappa shape index (κ1) is 23.9. The summed E-state index contributed by atoms with van der Waals surface area (Å²) < 4.78 is 21.6. The lowest BCUT2D eigenvalue weighted by molar-refractivity contribution is -0.0470. The molecule has 0 saturated carbocycles. The molecule has 0 spiro atoms. The molecule has 7 heteroatoms. The van der Waals surface area contributed by atoms with Crippen LogP contribution in [0.25, 0.3) is 0 Å². The van der Waals surface area contributed by atoms with Crippen molar-refractivity contribution >= 4 is 12.6 Å².